The van der Waals surface area contributed by atoms with Gasteiger partial charge in [-0.1, -0.05) is 39.2 Å². The first-order valence-electron chi connectivity index (χ1n) is 10.9. The van der Waals surface area contributed by atoms with Crippen LogP contribution in [0.25, 0.3) is 0 Å². The summed E-state index contributed by atoms with van der Waals surface area (Å²) in [6, 6.07) is 5.94. The Bertz CT molecular complexity index is 864. The van der Waals surface area contributed by atoms with Gasteiger partial charge in [-0.3, -0.25) is 4.79 Å². The van der Waals surface area contributed by atoms with Crippen molar-refractivity contribution >= 4 is 21.9 Å². The lowest BCUT2D eigenvalue weighted by Crippen LogP contribution is -2.45. The number of hydrogen-bond donors (Lipinski definition) is 1. The van der Waals surface area contributed by atoms with Crippen LogP contribution in [0.15, 0.2) is 29.2 Å². The third-order valence-corrected chi connectivity index (χ3v) is 8.30. The van der Waals surface area contributed by atoms with Crippen LogP contribution in [-0.2, 0) is 19.6 Å². The molecule has 0 radical (unpaired) electrons. The van der Waals surface area contributed by atoms with Gasteiger partial charge in [0.25, 0.3) is 5.91 Å². The molecule has 0 unspecified atom stereocenters. The fraction of sp³-hybridized carbons (Fsp3) is 0.636. The monoisotopic (exact) mass is 436 g/mol. The summed E-state index contributed by atoms with van der Waals surface area (Å²) in [5, 5.41) is 2.97. The molecular formula is C22H32N2O5S. The maximum Gasteiger partial charge on any atom is 0.338 e. The van der Waals surface area contributed by atoms with Gasteiger partial charge < -0.3 is 10.1 Å². The van der Waals surface area contributed by atoms with Crippen molar-refractivity contribution in [2.75, 3.05) is 19.7 Å². The minimum atomic E-state index is -3.63. The summed E-state index contributed by atoms with van der Waals surface area (Å²) in [5.74, 6) is -0.0939. The van der Waals surface area contributed by atoms with Gasteiger partial charge in [0.2, 0.25) is 10.0 Å². The molecule has 1 saturated heterocycles. The molecule has 1 aromatic carbocycles. The molecule has 8 heteroatoms. The average molecular weight is 437 g/mol. The van der Waals surface area contributed by atoms with E-state index in [1.54, 1.807) is 0 Å². The number of amides is 1. The molecule has 166 valence electrons. The number of nitrogens with zero attached hydrogens (tertiary/aromatic N) is 1. The predicted octanol–water partition coefficient (Wildman–Crippen LogP) is 2.96. The molecule has 1 N–H and O–H groups in total. The molecule has 0 spiro atoms. The first kappa shape index (κ1) is 22.7. The summed E-state index contributed by atoms with van der Waals surface area (Å²) in [5.41, 5.74) is 0.126. The van der Waals surface area contributed by atoms with Crippen molar-refractivity contribution < 1.29 is 22.7 Å². The highest BCUT2D eigenvalue weighted by Gasteiger charge is 2.29. The lowest BCUT2D eigenvalue weighted by molar-refractivity contribution is -0.125. The van der Waals surface area contributed by atoms with Gasteiger partial charge in [0.15, 0.2) is 6.61 Å². The van der Waals surface area contributed by atoms with Crippen molar-refractivity contribution in [2.24, 2.45) is 11.8 Å². The minimum absolute atomic E-state index is 0.0771. The number of hydrogen-bond acceptors (Lipinski definition) is 5. The maximum atomic E-state index is 12.8. The third kappa shape index (κ3) is 5.40. The van der Waals surface area contributed by atoms with E-state index in [4.69, 9.17) is 4.74 Å². The minimum Gasteiger partial charge on any atom is -0.452 e. The summed E-state index contributed by atoms with van der Waals surface area (Å²) in [6.07, 6.45) is 5.89. The zero-order chi connectivity index (χ0) is 21.7. The number of rotatable bonds is 6. The Balaban J connectivity index is 1.58. The molecule has 1 aliphatic heterocycles. The van der Waals surface area contributed by atoms with Crippen LogP contribution >= 0.6 is 0 Å². The Kier molecular flexibility index (Phi) is 7.52. The quantitative estimate of drug-likeness (QED) is 0.692. The second-order valence-electron chi connectivity index (χ2n) is 8.51. The van der Waals surface area contributed by atoms with Crippen LogP contribution in [-0.4, -0.2) is 50.3 Å². The van der Waals surface area contributed by atoms with Crippen molar-refractivity contribution in [3.63, 3.8) is 0 Å². The Morgan fingerprint density at radius 2 is 1.83 bits per heavy atom. The van der Waals surface area contributed by atoms with Gasteiger partial charge in [-0.2, -0.15) is 4.31 Å². The summed E-state index contributed by atoms with van der Waals surface area (Å²) >= 11 is 0. The first-order chi connectivity index (χ1) is 14.3. The summed E-state index contributed by atoms with van der Waals surface area (Å²) < 4.78 is 32.2. The molecule has 3 rings (SSSR count). The van der Waals surface area contributed by atoms with E-state index in [9.17, 15) is 18.0 Å². The van der Waals surface area contributed by atoms with E-state index in [1.807, 2.05) is 0 Å². The van der Waals surface area contributed by atoms with Crippen molar-refractivity contribution in [3.05, 3.63) is 29.8 Å². The van der Waals surface area contributed by atoms with Crippen LogP contribution in [0.5, 0.6) is 0 Å². The smallest absolute Gasteiger partial charge is 0.338 e. The fourth-order valence-corrected chi connectivity index (χ4v) is 5.85. The van der Waals surface area contributed by atoms with E-state index < -0.39 is 16.0 Å². The lowest BCUT2D eigenvalue weighted by Gasteiger charge is -2.34. The molecule has 30 heavy (non-hydrogen) atoms. The van der Waals surface area contributed by atoms with E-state index in [0.29, 0.717) is 24.9 Å². The molecule has 0 bridgehead atoms. The van der Waals surface area contributed by atoms with Crippen molar-refractivity contribution in [1.82, 2.24) is 9.62 Å². The number of benzene rings is 1. The number of ether oxygens (including phenoxy) is 1. The molecule has 7 nitrogen and oxygen atoms in total. The Labute approximate surface area is 179 Å². The molecule has 3 atom stereocenters. The van der Waals surface area contributed by atoms with Gasteiger partial charge in [-0.05, 0) is 49.3 Å². The van der Waals surface area contributed by atoms with Crippen LogP contribution in [0.3, 0.4) is 0 Å². The normalized spacial score (nSPS) is 25.5. The third-order valence-electron chi connectivity index (χ3n) is 6.41. The average Bonchev–Trinajstić information content (AvgIpc) is 2.76. The van der Waals surface area contributed by atoms with Crippen molar-refractivity contribution in [3.8, 4) is 0 Å². The highest BCUT2D eigenvalue weighted by Crippen LogP contribution is 2.29. The summed E-state index contributed by atoms with van der Waals surface area (Å²) in [4.78, 5) is 24.7. The van der Waals surface area contributed by atoms with E-state index in [2.05, 4.69) is 19.2 Å². The van der Waals surface area contributed by atoms with Crippen LogP contribution in [0.2, 0.25) is 0 Å². The standard InChI is InChI=1S/C22H32N2O5S/c1-16-8-6-11-20(17(16)2)23-21(25)15-29-22(26)18-9-7-10-19(14-18)30(27,28)24-12-4-3-5-13-24/h7,9-10,14,16-17,20H,3-6,8,11-13,15H2,1-2H3,(H,23,25)/t16-,17+,20-/m1/s1. The molecule has 0 aromatic heterocycles. The number of carbonyl (C=O) groups excluding carboxylic acids is 2. The van der Waals surface area contributed by atoms with E-state index in [1.165, 1.54) is 35.0 Å². The fourth-order valence-electron chi connectivity index (χ4n) is 4.29. The second-order valence-corrected chi connectivity index (χ2v) is 10.4. The van der Waals surface area contributed by atoms with Gasteiger partial charge in [0, 0.05) is 19.1 Å². The van der Waals surface area contributed by atoms with E-state index in [0.717, 1.165) is 32.1 Å². The van der Waals surface area contributed by atoms with E-state index >= 15 is 0 Å². The van der Waals surface area contributed by atoms with Gasteiger partial charge in [-0.15, -0.1) is 0 Å². The number of esters is 1. The zero-order valence-corrected chi connectivity index (χ0v) is 18.6. The molecular weight excluding hydrogens is 404 g/mol. The molecule has 1 aromatic rings. The predicted molar refractivity (Wildman–Crippen MR) is 113 cm³/mol. The largest absolute Gasteiger partial charge is 0.452 e. The van der Waals surface area contributed by atoms with Crippen molar-refractivity contribution in [1.29, 1.82) is 0 Å². The number of carbonyl (C=O) groups is 2. The SMILES string of the molecule is C[C@H]1[C@H](C)CCC[C@H]1NC(=O)COC(=O)c1cccc(S(=O)(=O)N2CCCCC2)c1. The molecule has 1 heterocycles. The lowest BCUT2D eigenvalue weighted by atomic mass is 9.78. The van der Waals surface area contributed by atoms with Gasteiger partial charge in [0.05, 0.1) is 10.5 Å². The molecule has 2 fully saturated rings. The van der Waals surface area contributed by atoms with Crippen LogP contribution < -0.4 is 5.32 Å². The molecule has 1 saturated carbocycles. The highest BCUT2D eigenvalue weighted by molar-refractivity contribution is 7.89. The van der Waals surface area contributed by atoms with Crippen LogP contribution in [0.4, 0.5) is 0 Å². The highest BCUT2D eigenvalue weighted by atomic mass is 32.2. The Morgan fingerprint density at radius 3 is 2.57 bits per heavy atom. The second kappa shape index (κ2) is 9.92. The molecule has 1 amide bonds. The van der Waals surface area contributed by atoms with Crippen molar-refractivity contribution in [2.45, 2.75) is 63.3 Å². The van der Waals surface area contributed by atoms with Crippen LogP contribution in [0.1, 0.15) is 62.7 Å². The number of piperidine rings is 1. The number of nitrogens with one attached hydrogen (secondary N) is 1. The number of sulfonamides is 1. The topological polar surface area (TPSA) is 92.8 Å². The maximum absolute atomic E-state index is 12.8. The van der Waals surface area contributed by atoms with Gasteiger partial charge in [0.1, 0.15) is 0 Å². The Morgan fingerprint density at radius 1 is 1.10 bits per heavy atom. The summed E-state index contributed by atoms with van der Waals surface area (Å²) in [6.45, 7) is 4.94. The first-order valence-corrected chi connectivity index (χ1v) is 12.3. The van der Waals surface area contributed by atoms with Crippen LogP contribution in [0, 0.1) is 11.8 Å². The summed E-state index contributed by atoms with van der Waals surface area (Å²) in [7, 11) is -3.63. The molecule has 1 aliphatic carbocycles. The molecule has 2 aliphatic rings. The van der Waals surface area contributed by atoms with Gasteiger partial charge in [-0.25, -0.2) is 13.2 Å². The Hall–Kier alpha value is -1.93. The van der Waals surface area contributed by atoms with Gasteiger partial charge >= 0.3 is 5.97 Å². The van der Waals surface area contributed by atoms with E-state index in [-0.39, 0.29) is 29.0 Å². The zero-order valence-electron chi connectivity index (χ0n) is 17.8.